The van der Waals surface area contributed by atoms with Crippen LogP contribution >= 0.6 is 11.6 Å². The van der Waals surface area contributed by atoms with E-state index >= 15 is 0 Å². The lowest BCUT2D eigenvalue weighted by Gasteiger charge is -2.23. The Kier molecular flexibility index (Phi) is 5.49. The smallest absolute Gasteiger partial charge is 0.0479 e. The fourth-order valence-corrected chi connectivity index (χ4v) is 2.37. The minimum Gasteiger partial charge on any atom is -0.385 e. The van der Waals surface area contributed by atoms with Crippen LogP contribution < -0.4 is 10.2 Å². The summed E-state index contributed by atoms with van der Waals surface area (Å²) in [7, 11) is 3.87. The van der Waals surface area contributed by atoms with Crippen molar-refractivity contribution in [2.24, 2.45) is 0 Å². The van der Waals surface area contributed by atoms with Crippen molar-refractivity contribution in [3.05, 3.63) is 28.8 Å². The van der Waals surface area contributed by atoms with Gasteiger partial charge in [-0.1, -0.05) is 11.6 Å². The predicted octanol–water partition coefficient (Wildman–Crippen LogP) is 3.06. The summed E-state index contributed by atoms with van der Waals surface area (Å²) in [6, 6.07) is 6.85. The fraction of sp³-hybridized carbons (Fsp3) is 0.600. The highest BCUT2D eigenvalue weighted by Crippen LogP contribution is 2.26. The van der Waals surface area contributed by atoms with Crippen molar-refractivity contribution >= 4 is 17.3 Å². The van der Waals surface area contributed by atoms with E-state index in [4.69, 9.17) is 16.3 Å². The van der Waals surface area contributed by atoms with Gasteiger partial charge in [0.2, 0.25) is 0 Å². The number of hydrogen-bond donors (Lipinski definition) is 1. The Morgan fingerprint density at radius 1 is 1.42 bits per heavy atom. The van der Waals surface area contributed by atoms with E-state index in [9.17, 15) is 0 Å². The lowest BCUT2D eigenvalue weighted by atomic mass is 10.1. The summed E-state index contributed by atoms with van der Waals surface area (Å²) in [6.07, 6.45) is 3.64. The maximum atomic E-state index is 6.11. The summed E-state index contributed by atoms with van der Waals surface area (Å²) in [6.45, 7) is 2.69. The third kappa shape index (κ3) is 4.68. The molecule has 1 fully saturated rings. The third-order valence-corrected chi connectivity index (χ3v) is 3.69. The van der Waals surface area contributed by atoms with E-state index in [0.29, 0.717) is 6.04 Å². The molecule has 0 saturated heterocycles. The molecule has 19 heavy (non-hydrogen) atoms. The molecule has 1 aliphatic rings. The van der Waals surface area contributed by atoms with Gasteiger partial charge in [-0.2, -0.15) is 0 Å². The quantitative estimate of drug-likeness (QED) is 0.742. The molecule has 1 N–H and O–H groups in total. The van der Waals surface area contributed by atoms with Gasteiger partial charge in [-0.25, -0.2) is 0 Å². The van der Waals surface area contributed by atoms with E-state index in [1.807, 2.05) is 6.07 Å². The third-order valence-electron chi connectivity index (χ3n) is 3.45. The largest absolute Gasteiger partial charge is 0.385 e. The standard InChI is InChI=1S/C15H23ClN2O/c1-18(8-3-9-19-2)15-7-4-13(16)10-12(15)11-17-14-5-6-14/h4,7,10,14,17H,3,5-6,8-9,11H2,1-2H3. The molecule has 1 aromatic rings. The van der Waals surface area contributed by atoms with Crippen LogP contribution in [0.1, 0.15) is 24.8 Å². The molecule has 0 atom stereocenters. The number of halogens is 1. The maximum absolute atomic E-state index is 6.11. The molecule has 0 spiro atoms. The van der Waals surface area contributed by atoms with E-state index in [1.165, 1.54) is 24.1 Å². The van der Waals surface area contributed by atoms with E-state index in [-0.39, 0.29) is 0 Å². The van der Waals surface area contributed by atoms with Crippen LogP contribution in [0, 0.1) is 0 Å². The molecule has 0 amide bonds. The molecule has 0 unspecified atom stereocenters. The second-order valence-electron chi connectivity index (χ2n) is 5.20. The average molecular weight is 283 g/mol. The Morgan fingerprint density at radius 2 is 2.21 bits per heavy atom. The second-order valence-corrected chi connectivity index (χ2v) is 5.63. The number of nitrogens with one attached hydrogen (secondary N) is 1. The molecule has 0 bridgehead atoms. The molecule has 1 aromatic carbocycles. The highest BCUT2D eigenvalue weighted by Gasteiger charge is 2.20. The first-order valence-corrected chi connectivity index (χ1v) is 7.30. The van der Waals surface area contributed by atoms with Crippen molar-refractivity contribution in [1.82, 2.24) is 5.32 Å². The zero-order chi connectivity index (χ0) is 13.7. The average Bonchev–Trinajstić information content (AvgIpc) is 3.20. The normalized spacial score (nSPS) is 14.7. The monoisotopic (exact) mass is 282 g/mol. The molecule has 0 aliphatic heterocycles. The van der Waals surface area contributed by atoms with Crippen molar-refractivity contribution in [3.63, 3.8) is 0 Å². The lowest BCUT2D eigenvalue weighted by Crippen LogP contribution is -2.23. The molecule has 3 nitrogen and oxygen atoms in total. The highest BCUT2D eigenvalue weighted by molar-refractivity contribution is 6.30. The van der Waals surface area contributed by atoms with Crippen LogP contribution in [-0.2, 0) is 11.3 Å². The van der Waals surface area contributed by atoms with Crippen LogP contribution in [0.25, 0.3) is 0 Å². The van der Waals surface area contributed by atoms with Crippen LogP contribution in [0.3, 0.4) is 0 Å². The maximum Gasteiger partial charge on any atom is 0.0479 e. The lowest BCUT2D eigenvalue weighted by molar-refractivity contribution is 0.196. The van der Waals surface area contributed by atoms with Gasteiger partial charge in [0, 0.05) is 50.6 Å². The fourth-order valence-electron chi connectivity index (χ4n) is 2.18. The molecular weight excluding hydrogens is 260 g/mol. The van der Waals surface area contributed by atoms with Gasteiger partial charge < -0.3 is 15.0 Å². The molecule has 0 heterocycles. The molecule has 1 saturated carbocycles. The zero-order valence-corrected chi connectivity index (χ0v) is 12.5. The van der Waals surface area contributed by atoms with Gasteiger partial charge in [-0.3, -0.25) is 0 Å². The Morgan fingerprint density at radius 3 is 2.89 bits per heavy atom. The van der Waals surface area contributed by atoms with Gasteiger partial charge in [-0.15, -0.1) is 0 Å². The summed E-state index contributed by atoms with van der Waals surface area (Å²) in [5.74, 6) is 0. The first kappa shape index (κ1) is 14.6. The minimum absolute atomic E-state index is 0.714. The van der Waals surface area contributed by atoms with Gasteiger partial charge >= 0.3 is 0 Å². The van der Waals surface area contributed by atoms with Crippen molar-refractivity contribution in [2.45, 2.75) is 31.8 Å². The van der Waals surface area contributed by atoms with E-state index in [0.717, 1.165) is 31.1 Å². The Labute approximate surface area is 120 Å². The number of nitrogens with zero attached hydrogens (tertiary/aromatic N) is 1. The number of benzene rings is 1. The summed E-state index contributed by atoms with van der Waals surface area (Å²) in [4.78, 5) is 2.28. The van der Waals surface area contributed by atoms with Crippen LogP contribution in [0.4, 0.5) is 5.69 Å². The molecular formula is C15H23ClN2O. The zero-order valence-electron chi connectivity index (χ0n) is 11.8. The van der Waals surface area contributed by atoms with Crippen molar-refractivity contribution < 1.29 is 4.74 Å². The second kappa shape index (κ2) is 7.13. The predicted molar refractivity (Wildman–Crippen MR) is 81.1 cm³/mol. The van der Waals surface area contributed by atoms with Crippen LogP contribution in [-0.4, -0.2) is 33.4 Å². The summed E-state index contributed by atoms with van der Waals surface area (Å²) in [5, 5.41) is 4.36. The van der Waals surface area contributed by atoms with Crippen molar-refractivity contribution in [1.29, 1.82) is 0 Å². The van der Waals surface area contributed by atoms with Crippen LogP contribution in [0.2, 0.25) is 5.02 Å². The topological polar surface area (TPSA) is 24.5 Å². The molecule has 1 aliphatic carbocycles. The number of hydrogen-bond acceptors (Lipinski definition) is 3. The van der Waals surface area contributed by atoms with Gasteiger partial charge in [-0.05, 0) is 43.0 Å². The van der Waals surface area contributed by atoms with Gasteiger partial charge in [0.25, 0.3) is 0 Å². The van der Waals surface area contributed by atoms with Crippen LogP contribution in [0.15, 0.2) is 18.2 Å². The van der Waals surface area contributed by atoms with Crippen molar-refractivity contribution in [2.75, 3.05) is 32.2 Å². The summed E-state index contributed by atoms with van der Waals surface area (Å²) in [5.41, 5.74) is 2.54. The number of anilines is 1. The summed E-state index contributed by atoms with van der Waals surface area (Å²) < 4.78 is 5.10. The van der Waals surface area contributed by atoms with E-state index in [1.54, 1.807) is 7.11 Å². The molecule has 0 aromatic heterocycles. The van der Waals surface area contributed by atoms with Crippen LogP contribution in [0.5, 0.6) is 0 Å². The number of rotatable bonds is 8. The van der Waals surface area contributed by atoms with E-state index in [2.05, 4.69) is 29.4 Å². The first-order valence-electron chi connectivity index (χ1n) is 6.92. The SMILES string of the molecule is COCCCN(C)c1ccc(Cl)cc1CNC1CC1. The molecule has 2 rings (SSSR count). The molecule has 4 heteroatoms. The molecule has 0 radical (unpaired) electrons. The number of methoxy groups -OCH3 is 1. The number of ether oxygens (including phenoxy) is 1. The first-order chi connectivity index (χ1) is 9.20. The molecule has 106 valence electrons. The Bertz CT molecular complexity index is 407. The van der Waals surface area contributed by atoms with Crippen molar-refractivity contribution in [3.8, 4) is 0 Å². The van der Waals surface area contributed by atoms with E-state index < -0.39 is 0 Å². The van der Waals surface area contributed by atoms with Gasteiger partial charge in [0.05, 0.1) is 0 Å². The Hall–Kier alpha value is -0.770. The Balaban J connectivity index is 1.99. The minimum atomic E-state index is 0.714. The highest BCUT2D eigenvalue weighted by atomic mass is 35.5. The summed E-state index contributed by atoms with van der Waals surface area (Å²) >= 11 is 6.11. The van der Waals surface area contributed by atoms with Gasteiger partial charge in [0.15, 0.2) is 0 Å². The van der Waals surface area contributed by atoms with Gasteiger partial charge in [0.1, 0.15) is 0 Å².